The highest BCUT2D eigenvalue weighted by molar-refractivity contribution is 9.08. The molecule has 4 rings (SSSR count). The van der Waals surface area contributed by atoms with Crippen LogP contribution in [0.1, 0.15) is 17.8 Å². The third kappa shape index (κ3) is 2.74. The first-order valence-electron chi connectivity index (χ1n) is 8.16. The predicted molar refractivity (Wildman–Crippen MR) is 102 cm³/mol. The highest BCUT2D eigenvalue weighted by Crippen LogP contribution is 2.33. The molecule has 0 aliphatic carbocycles. The number of halogens is 1. The van der Waals surface area contributed by atoms with Crippen molar-refractivity contribution in [1.29, 1.82) is 0 Å². The van der Waals surface area contributed by atoms with Gasteiger partial charge in [-0.1, -0.05) is 40.3 Å². The fraction of sp³-hybridized carbons (Fsp3) is 0.412. The van der Waals surface area contributed by atoms with Crippen molar-refractivity contribution in [3.8, 4) is 5.00 Å². The summed E-state index contributed by atoms with van der Waals surface area (Å²) in [7, 11) is 0. The van der Waals surface area contributed by atoms with E-state index < -0.39 is 0 Å². The average Bonchev–Trinajstić information content (AvgIpc) is 3.25. The van der Waals surface area contributed by atoms with E-state index in [1.54, 1.807) is 11.3 Å². The van der Waals surface area contributed by atoms with Crippen molar-refractivity contribution in [2.24, 2.45) is 0 Å². The van der Waals surface area contributed by atoms with Gasteiger partial charge in [0.05, 0.1) is 41.5 Å². The van der Waals surface area contributed by atoms with Gasteiger partial charge in [0.25, 0.3) is 0 Å². The van der Waals surface area contributed by atoms with Crippen LogP contribution in [0.25, 0.3) is 16.0 Å². The molecular weight excluding hydrogens is 388 g/mol. The van der Waals surface area contributed by atoms with Crippen LogP contribution in [0.15, 0.2) is 24.4 Å². The number of ether oxygens (including phenoxy) is 1. The lowest BCUT2D eigenvalue weighted by Gasteiger charge is -2.29. The number of aryl methyl sites for hydroxylation is 1. The summed E-state index contributed by atoms with van der Waals surface area (Å²) in [5, 5.41) is 2.99. The van der Waals surface area contributed by atoms with Crippen molar-refractivity contribution < 1.29 is 4.74 Å². The lowest BCUT2D eigenvalue weighted by Crippen LogP contribution is -2.36. The smallest absolute Gasteiger partial charge is 0.121 e. The van der Waals surface area contributed by atoms with Crippen molar-refractivity contribution in [1.82, 2.24) is 14.5 Å². The normalized spacial score (nSPS) is 15.3. The summed E-state index contributed by atoms with van der Waals surface area (Å²) in [5.74, 6) is 1.08. The number of anilines is 1. The second-order valence-electron chi connectivity index (χ2n) is 5.69. The zero-order valence-corrected chi connectivity index (χ0v) is 15.9. The van der Waals surface area contributed by atoms with Gasteiger partial charge in [-0.3, -0.25) is 4.57 Å². The van der Waals surface area contributed by atoms with E-state index in [1.165, 1.54) is 11.2 Å². The third-order valence-corrected chi connectivity index (χ3v) is 6.15. The third-order valence-electron chi connectivity index (χ3n) is 4.27. The molecule has 1 saturated heterocycles. The molecule has 24 heavy (non-hydrogen) atoms. The molecule has 1 aliphatic heterocycles. The van der Waals surface area contributed by atoms with Gasteiger partial charge >= 0.3 is 0 Å². The number of alkyl halides is 1. The number of morpholine rings is 1. The summed E-state index contributed by atoms with van der Waals surface area (Å²) >= 11 is 5.21. The van der Waals surface area contributed by atoms with Crippen LogP contribution in [0.2, 0.25) is 0 Å². The number of aromatic nitrogens is 3. The SMILES string of the molecule is CCc1nc2cccc(N3CCOCC3)c2n1-c1cnc(CBr)s1. The maximum atomic E-state index is 5.52. The number of rotatable bonds is 4. The van der Waals surface area contributed by atoms with Crippen molar-refractivity contribution in [2.45, 2.75) is 18.7 Å². The van der Waals surface area contributed by atoms with Crippen LogP contribution < -0.4 is 4.90 Å². The molecule has 0 unspecified atom stereocenters. The predicted octanol–water partition coefficient (Wildman–Crippen LogP) is 3.78. The first-order valence-corrected chi connectivity index (χ1v) is 10.1. The molecule has 3 aromatic rings. The minimum atomic E-state index is 0.777. The van der Waals surface area contributed by atoms with E-state index in [1.807, 2.05) is 6.20 Å². The summed E-state index contributed by atoms with van der Waals surface area (Å²) in [6.07, 6.45) is 2.84. The molecule has 1 fully saturated rings. The van der Waals surface area contributed by atoms with Gasteiger partial charge in [-0.15, -0.1) is 0 Å². The molecule has 7 heteroatoms. The number of para-hydroxylation sites is 1. The zero-order valence-electron chi connectivity index (χ0n) is 13.5. The average molecular weight is 407 g/mol. The molecule has 5 nitrogen and oxygen atoms in total. The van der Waals surface area contributed by atoms with Gasteiger partial charge in [0.2, 0.25) is 0 Å². The molecular formula is C17H19BrN4OS. The van der Waals surface area contributed by atoms with Crippen LogP contribution in [0.5, 0.6) is 0 Å². The first-order chi connectivity index (χ1) is 11.8. The number of imidazole rings is 1. The second kappa shape index (κ2) is 6.82. The van der Waals surface area contributed by atoms with Crippen LogP contribution in [0, 0.1) is 0 Å². The maximum Gasteiger partial charge on any atom is 0.121 e. The van der Waals surface area contributed by atoms with Gasteiger partial charge in [0, 0.05) is 19.5 Å². The van der Waals surface area contributed by atoms with Crippen molar-refractivity contribution >= 4 is 44.0 Å². The summed E-state index contributed by atoms with van der Waals surface area (Å²) < 4.78 is 7.80. The number of nitrogens with zero attached hydrogens (tertiary/aromatic N) is 4. The Morgan fingerprint density at radius 3 is 2.83 bits per heavy atom. The molecule has 0 spiro atoms. The number of hydrogen-bond acceptors (Lipinski definition) is 5. The molecule has 126 valence electrons. The van der Waals surface area contributed by atoms with Gasteiger partial charge in [-0.05, 0) is 12.1 Å². The second-order valence-corrected chi connectivity index (χ2v) is 7.34. The van der Waals surface area contributed by atoms with E-state index in [9.17, 15) is 0 Å². The number of benzene rings is 1. The van der Waals surface area contributed by atoms with Crippen LogP contribution >= 0.6 is 27.3 Å². The molecule has 0 saturated carbocycles. The van der Waals surface area contributed by atoms with Gasteiger partial charge in [0.1, 0.15) is 15.8 Å². The van der Waals surface area contributed by atoms with Gasteiger partial charge in [-0.25, -0.2) is 9.97 Å². The Kier molecular flexibility index (Phi) is 4.56. The van der Waals surface area contributed by atoms with Crippen LogP contribution in [-0.2, 0) is 16.5 Å². The van der Waals surface area contributed by atoms with Crippen molar-refractivity contribution in [2.75, 3.05) is 31.2 Å². The Labute approximate surface area is 153 Å². The quantitative estimate of drug-likeness (QED) is 0.618. The summed E-state index contributed by atoms with van der Waals surface area (Å²) in [4.78, 5) is 11.8. The molecule has 0 radical (unpaired) electrons. The number of hydrogen-bond donors (Lipinski definition) is 0. The van der Waals surface area contributed by atoms with E-state index in [0.717, 1.165) is 59.4 Å². The van der Waals surface area contributed by atoms with E-state index in [2.05, 4.69) is 55.5 Å². The summed E-state index contributed by atoms with van der Waals surface area (Å²) in [6.45, 7) is 5.54. The molecule has 0 amide bonds. The van der Waals surface area contributed by atoms with E-state index >= 15 is 0 Å². The zero-order chi connectivity index (χ0) is 16.5. The lowest BCUT2D eigenvalue weighted by atomic mass is 10.2. The lowest BCUT2D eigenvalue weighted by molar-refractivity contribution is 0.123. The van der Waals surface area contributed by atoms with E-state index in [4.69, 9.17) is 9.72 Å². The largest absolute Gasteiger partial charge is 0.378 e. The Morgan fingerprint density at radius 1 is 1.29 bits per heavy atom. The van der Waals surface area contributed by atoms with Crippen LogP contribution in [0.3, 0.4) is 0 Å². The monoisotopic (exact) mass is 406 g/mol. The van der Waals surface area contributed by atoms with Gasteiger partial charge in [-0.2, -0.15) is 0 Å². The Hall–Kier alpha value is -1.44. The molecule has 1 aromatic carbocycles. The fourth-order valence-corrected chi connectivity index (χ4v) is 4.44. The molecule has 1 aliphatic rings. The highest BCUT2D eigenvalue weighted by Gasteiger charge is 2.20. The minimum Gasteiger partial charge on any atom is -0.378 e. The Bertz CT molecular complexity index is 854. The minimum absolute atomic E-state index is 0.777. The first kappa shape index (κ1) is 16.1. The van der Waals surface area contributed by atoms with E-state index in [-0.39, 0.29) is 0 Å². The van der Waals surface area contributed by atoms with Crippen molar-refractivity contribution in [3.05, 3.63) is 35.2 Å². The standard InChI is InChI=1S/C17H19BrN4OS/c1-2-14-20-12-4-3-5-13(21-6-8-23-9-7-21)17(12)22(14)16-11-19-15(10-18)24-16/h3-5,11H,2,6-10H2,1H3. The summed E-state index contributed by atoms with van der Waals surface area (Å²) in [5.41, 5.74) is 3.46. The summed E-state index contributed by atoms with van der Waals surface area (Å²) in [6, 6.07) is 6.39. The Balaban J connectivity index is 1.92. The topological polar surface area (TPSA) is 43.2 Å². The maximum absolute atomic E-state index is 5.52. The molecule has 0 bridgehead atoms. The van der Waals surface area contributed by atoms with Crippen LogP contribution in [-0.4, -0.2) is 40.8 Å². The van der Waals surface area contributed by atoms with Crippen molar-refractivity contribution in [3.63, 3.8) is 0 Å². The van der Waals surface area contributed by atoms with Crippen LogP contribution in [0.4, 0.5) is 5.69 Å². The molecule has 0 N–H and O–H groups in total. The number of fused-ring (bicyclic) bond motifs is 1. The highest BCUT2D eigenvalue weighted by atomic mass is 79.9. The van der Waals surface area contributed by atoms with Gasteiger partial charge in [0.15, 0.2) is 0 Å². The number of thiazole rings is 1. The molecule has 3 heterocycles. The molecule has 0 atom stereocenters. The fourth-order valence-electron chi connectivity index (χ4n) is 3.16. The molecule has 2 aromatic heterocycles. The van der Waals surface area contributed by atoms with E-state index in [0.29, 0.717) is 0 Å². The Morgan fingerprint density at radius 2 is 2.12 bits per heavy atom. The van der Waals surface area contributed by atoms with Gasteiger partial charge < -0.3 is 9.64 Å².